The number of hydrogen-bond donors (Lipinski definition) is 4. The van der Waals surface area contributed by atoms with Crippen LogP contribution in [0, 0.1) is 5.92 Å². The Morgan fingerprint density at radius 3 is 2.04 bits per heavy atom. The van der Waals surface area contributed by atoms with Gasteiger partial charge in [-0.15, -0.1) is 0 Å². The lowest BCUT2D eigenvalue weighted by Crippen LogP contribution is -2.30. The van der Waals surface area contributed by atoms with Crippen LogP contribution in [0.5, 0.6) is 0 Å². The third kappa shape index (κ3) is 20.8. The fourth-order valence-corrected chi connectivity index (χ4v) is 1.89. The quantitative estimate of drug-likeness (QED) is 0.674. The number of aliphatic hydroxyl groups excluding tert-OH is 2. The first-order valence-electron chi connectivity index (χ1n) is 8.82. The van der Waals surface area contributed by atoms with Gasteiger partial charge in [-0.25, -0.2) is 0 Å². The molecule has 146 valence electrons. The number of nitrogens with zero attached hydrogens (tertiary/aromatic N) is 1. The van der Waals surface area contributed by atoms with E-state index in [9.17, 15) is 5.11 Å². The summed E-state index contributed by atoms with van der Waals surface area (Å²) in [6, 6.07) is 2.39. The van der Waals surface area contributed by atoms with Gasteiger partial charge < -0.3 is 20.3 Å². The van der Waals surface area contributed by atoms with Crippen LogP contribution in [0.4, 0.5) is 0 Å². The molecule has 0 saturated carbocycles. The Hall–Kier alpha value is -1.24. The highest BCUT2D eigenvalue weighted by Crippen LogP contribution is 2.19. The van der Waals surface area contributed by atoms with Crippen LogP contribution in [0.2, 0.25) is 0 Å². The van der Waals surface area contributed by atoms with Crippen LogP contribution in [0.1, 0.15) is 60.8 Å². The molecule has 3 atom stereocenters. The normalized spacial score (nSPS) is 18.2. The molecular weight excluding hydrogens is 306 g/mol. The monoisotopic (exact) mass is 347 g/mol. The van der Waals surface area contributed by atoms with E-state index in [4.69, 9.17) is 9.90 Å². The van der Waals surface area contributed by atoms with Crippen LogP contribution < -0.4 is 5.32 Å². The van der Waals surface area contributed by atoms with E-state index in [1.165, 1.54) is 6.42 Å². The maximum absolute atomic E-state index is 9.40. The Morgan fingerprint density at radius 1 is 1.25 bits per heavy atom. The Labute approximate surface area is 149 Å². The summed E-state index contributed by atoms with van der Waals surface area (Å²) in [7, 11) is 1.00. The van der Waals surface area contributed by atoms with Crippen LogP contribution in [-0.4, -0.2) is 53.0 Å². The minimum absolute atomic E-state index is 0.104. The van der Waals surface area contributed by atoms with E-state index in [-0.39, 0.29) is 6.10 Å². The number of carbonyl (C=O) groups is 1. The molecule has 24 heavy (non-hydrogen) atoms. The van der Waals surface area contributed by atoms with Gasteiger partial charge in [-0.2, -0.15) is 5.10 Å². The summed E-state index contributed by atoms with van der Waals surface area (Å²) in [5.41, 5.74) is 0. The van der Waals surface area contributed by atoms with E-state index in [0.717, 1.165) is 32.4 Å². The lowest BCUT2D eigenvalue weighted by molar-refractivity contribution is -0.0979. The standard InChI is InChI=1S/C9H19NO.C3H4N2.2C2H6.CH4O.CH2O/c1-3-8(11)6-9-7(2)4-5-10-9;1-2-4-5-3-1;4*1-2/h7-11H,3-6H2,1-2H3;1-3H,(H,4,5);2*1-2H3;2H,1H3;1H2. The van der Waals surface area contributed by atoms with Gasteiger partial charge in [0.2, 0.25) is 0 Å². The van der Waals surface area contributed by atoms with E-state index < -0.39 is 0 Å². The highest BCUT2D eigenvalue weighted by atomic mass is 16.3. The molecule has 1 aliphatic rings. The number of rotatable bonds is 3. The van der Waals surface area contributed by atoms with Gasteiger partial charge in [0.15, 0.2) is 0 Å². The summed E-state index contributed by atoms with van der Waals surface area (Å²) in [4.78, 5) is 8.00. The predicted octanol–water partition coefficient (Wildman–Crippen LogP) is 3.03. The third-order valence-corrected chi connectivity index (χ3v) is 3.10. The number of aromatic nitrogens is 2. The Morgan fingerprint density at radius 2 is 1.79 bits per heavy atom. The molecule has 1 fully saturated rings. The molecule has 0 spiro atoms. The Kier molecular flexibility index (Phi) is 37.9. The van der Waals surface area contributed by atoms with Crippen LogP contribution in [0.3, 0.4) is 0 Å². The molecule has 1 saturated heterocycles. The second-order valence-corrected chi connectivity index (χ2v) is 4.39. The molecule has 1 aromatic heterocycles. The first-order valence-corrected chi connectivity index (χ1v) is 8.82. The zero-order valence-corrected chi connectivity index (χ0v) is 16.7. The van der Waals surface area contributed by atoms with Crippen molar-refractivity contribution in [2.24, 2.45) is 5.92 Å². The molecule has 6 nitrogen and oxygen atoms in total. The number of hydrogen-bond acceptors (Lipinski definition) is 5. The molecule has 0 amide bonds. The molecular formula is C18H41N3O3. The average molecular weight is 348 g/mol. The highest BCUT2D eigenvalue weighted by molar-refractivity contribution is 5.11. The van der Waals surface area contributed by atoms with Gasteiger partial charge in [0.1, 0.15) is 6.79 Å². The van der Waals surface area contributed by atoms with E-state index in [2.05, 4.69) is 22.4 Å². The maximum Gasteiger partial charge on any atom is 0.106 e. The van der Waals surface area contributed by atoms with Crippen molar-refractivity contribution < 1.29 is 15.0 Å². The fraction of sp³-hybridized carbons (Fsp3) is 0.778. The SMILES string of the molecule is C=O.CC.CC.CCC(O)CC1NCCC1C.CO.c1cn[nH]c1. The van der Waals surface area contributed by atoms with Crippen LogP contribution in [-0.2, 0) is 4.79 Å². The van der Waals surface area contributed by atoms with E-state index in [0.29, 0.717) is 6.04 Å². The zero-order chi connectivity index (χ0) is 19.8. The number of carbonyl (C=O) groups excluding carboxylic acids is 1. The molecule has 0 aliphatic carbocycles. The van der Waals surface area contributed by atoms with Crippen molar-refractivity contribution in [1.29, 1.82) is 0 Å². The molecule has 0 radical (unpaired) electrons. The lowest BCUT2D eigenvalue weighted by atomic mass is 9.97. The summed E-state index contributed by atoms with van der Waals surface area (Å²) >= 11 is 0. The molecule has 1 aromatic rings. The molecule has 2 heterocycles. The van der Waals surface area contributed by atoms with Gasteiger partial charge in [0, 0.05) is 25.5 Å². The first-order chi connectivity index (χ1) is 11.7. The fourth-order valence-electron chi connectivity index (χ4n) is 1.89. The van der Waals surface area contributed by atoms with Gasteiger partial charge in [0.25, 0.3) is 0 Å². The largest absolute Gasteiger partial charge is 0.400 e. The molecule has 0 aromatic carbocycles. The number of nitrogens with one attached hydrogen (secondary N) is 2. The van der Waals surface area contributed by atoms with Crippen LogP contribution in [0.25, 0.3) is 0 Å². The molecule has 1 aliphatic heterocycles. The van der Waals surface area contributed by atoms with Crippen molar-refractivity contribution in [2.45, 2.75) is 73.0 Å². The van der Waals surface area contributed by atoms with Crippen molar-refractivity contribution in [1.82, 2.24) is 15.5 Å². The third-order valence-electron chi connectivity index (χ3n) is 3.10. The van der Waals surface area contributed by atoms with Crippen LogP contribution >= 0.6 is 0 Å². The molecule has 6 heteroatoms. The topological polar surface area (TPSA) is 98.2 Å². The van der Waals surface area contributed by atoms with Crippen molar-refractivity contribution in [2.75, 3.05) is 13.7 Å². The van der Waals surface area contributed by atoms with Crippen molar-refractivity contribution in [3.8, 4) is 0 Å². The molecule has 3 unspecified atom stereocenters. The number of aromatic amines is 1. The van der Waals surface area contributed by atoms with E-state index >= 15 is 0 Å². The van der Waals surface area contributed by atoms with Crippen molar-refractivity contribution >= 4 is 6.79 Å². The minimum Gasteiger partial charge on any atom is -0.400 e. The number of H-pyrrole nitrogens is 1. The summed E-state index contributed by atoms with van der Waals surface area (Å²) in [6.45, 7) is 15.4. The van der Waals surface area contributed by atoms with Gasteiger partial charge in [-0.3, -0.25) is 5.10 Å². The first kappa shape index (κ1) is 30.6. The second kappa shape index (κ2) is 29.7. The van der Waals surface area contributed by atoms with Crippen molar-refractivity contribution in [3.05, 3.63) is 18.5 Å². The van der Waals surface area contributed by atoms with Gasteiger partial charge in [0.05, 0.1) is 6.10 Å². The Balaban J connectivity index is -0.000000129. The molecule has 4 N–H and O–H groups in total. The van der Waals surface area contributed by atoms with E-state index in [1.54, 1.807) is 12.4 Å². The minimum atomic E-state index is -0.104. The molecule has 0 bridgehead atoms. The number of aliphatic hydroxyl groups is 2. The summed E-state index contributed by atoms with van der Waals surface area (Å²) in [5, 5.41) is 26.0. The lowest BCUT2D eigenvalue weighted by Gasteiger charge is -2.18. The summed E-state index contributed by atoms with van der Waals surface area (Å²) < 4.78 is 0. The van der Waals surface area contributed by atoms with Crippen molar-refractivity contribution in [3.63, 3.8) is 0 Å². The Bertz CT molecular complexity index is 255. The maximum atomic E-state index is 9.40. The van der Waals surface area contributed by atoms with Crippen LogP contribution in [0.15, 0.2) is 18.5 Å². The van der Waals surface area contributed by atoms with E-state index in [1.807, 2.05) is 47.5 Å². The van der Waals surface area contributed by atoms with Gasteiger partial charge in [-0.1, -0.05) is 41.5 Å². The summed E-state index contributed by atoms with van der Waals surface area (Å²) in [6.07, 6.45) is 6.43. The second-order valence-electron chi connectivity index (χ2n) is 4.39. The smallest absolute Gasteiger partial charge is 0.106 e. The highest BCUT2D eigenvalue weighted by Gasteiger charge is 2.24. The predicted molar refractivity (Wildman–Crippen MR) is 103 cm³/mol. The zero-order valence-electron chi connectivity index (χ0n) is 16.7. The average Bonchev–Trinajstić information content (AvgIpc) is 3.38. The van der Waals surface area contributed by atoms with Gasteiger partial charge in [-0.05, 0) is 37.8 Å². The summed E-state index contributed by atoms with van der Waals surface area (Å²) in [5.74, 6) is 0.746. The molecule has 2 rings (SSSR count). The van der Waals surface area contributed by atoms with Gasteiger partial charge >= 0.3 is 0 Å².